The molecule has 0 fully saturated rings. The van der Waals surface area contributed by atoms with Gasteiger partial charge in [-0.25, -0.2) is 0 Å². The summed E-state index contributed by atoms with van der Waals surface area (Å²) < 4.78 is 5.26. The van der Waals surface area contributed by atoms with Crippen molar-refractivity contribution in [1.29, 1.82) is 0 Å². The lowest BCUT2D eigenvalue weighted by Crippen LogP contribution is -2.42. The molecule has 1 amide bonds. The van der Waals surface area contributed by atoms with Crippen molar-refractivity contribution >= 4 is 5.91 Å². The fraction of sp³-hybridized carbons (Fsp3) is 0.750. The monoisotopic (exact) mass is 228 g/mol. The maximum Gasteiger partial charge on any atom is 0.237 e. The SMILES string of the molecule is C=CCCOCCNC(=O)[C@@H](N)CC(C)C. The zero-order chi connectivity index (χ0) is 12.4. The molecule has 4 heteroatoms. The molecule has 0 radical (unpaired) electrons. The Balaban J connectivity index is 3.46. The summed E-state index contributed by atoms with van der Waals surface area (Å²) in [6.45, 7) is 9.37. The van der Waals surface area contributed by atoms with E-state index in [2.05, 4.69) is 11.9 Å². The molecule has 94 valence electrons. The number of carbonyl (C=O) groups is 1. The molecular weight excluding hydrogens is 204 g/mol. The van der Waals surface area contributed by atoms with Crippen LogP contribution in [-0.4, -0.2) is 31.7 Å². The molecule has 0 aromatic heterocycles. The summed E-state index contributed by atoms with van der Waals surface area (Å²) in [7, 11) is 0. The van der Waals surface area contributed by atoms with Gasteiger partial charge in [-0.1, -0.05) is 19.9 Å². The molecule has 0 aromatic carbocycles. The second-order valence-electron chi connectivity index (χ2n) is 4.22. The van der Waals surface area contributed by atoms with Crippen LogP contribution >= 0.6 is 0 Å². The van der Waals surface area contributed by atoms with Gasteiger partial charge in [-0.2, -0.15) is 0 Å². The highest BCUT2D eigenvalue weighted by molar-refractivity contribution is 5.81. The molecule has 0 aliphatic heterocycles. The predicted molar refractivity (Wildman–Crippen MR) is 66.1 cm³/mol. The van der Waals surface area contributed by atoms with Crippen LogP contribution in [0.25, 0.3) is 0 Å². The van der Waals surface area contributed by atoms with Crippen molar-refractivity contribution in [1.82, 2.24) is 5.32 Å². The van der Waals surface area contributed by atoms with E-state index >= 15 is 0 Å². The molecule has 16 heavy (non-hydrogen) atoms. The van der Waals surface area contributed by atoms with Crippen molar-refractivity contribution in [2.24, 2.45) is 11.7 Å². The number of amides is 1. The molecule has 3 N–H and O–H groups in total. The molecule has 0 aliphatic rings. The minimum atomic E-state index is -0.409. The number of nitrogens with two attached hydrogens (primary N) is 1. The summed E-state index contributed by atoms with van der Waals surface area (Å²) in [5.41, 5.74) is 5.71. The van der Waals surface area contributed by atoms with Gasteiger partial charge in [0.25, 0.3) is 0 Å². The summed E-state index contributed by atoms with van der Waals surface area (Å²) >= 11 is 0. The Morgan fingerprint density at radius 1 is 1.50 bits per heavy atom. The maximum atomic E-state index is 11.5. The third kappa shape index (κ3) is 8.44. The Kier molecular flexibility index (Phi) is 8.85. The highest BCUT2D eigenvalue weighted by Crippen LogP contribution is 2.02. The first kappa shape index (κ1) is 15.1. The molecule has 0 unspecified atom stereocenters. The van der Waals surface area contributed by atoms with Gasteiger partial charge < -0.3 is 15.8 Å². The van der Waals surface area contributed by atoms with E-state index in [0.717, 1.165) is 6.42 Å². The molecule has 0 aromatic rings. The van der Waals surface area contributed by atoms with E-state index in [-0.39, 0.29) is 5.91 Å². The first-order chi connectivity index (χ1) is 7.57. The van der Waals surface area contributed by atoms with E-state index in [1.54, 1.807) is 6.08 Å². The van der Waals surface area contributed by atoms with Crippen molar-refractivity contribution in [3.63, 3.8) is 0 Å². The van der Waals surface area contributed by atoms with Crippen molar-refractivity contribution in [2.45, 2.75) is 32.7 Å². The van der Waals surface area contributed by atoms with Crippen LogP contribution in [0, 0.1) is 5.92 Å². The van der Waals surface area contributed by atoms with Crippen LogP contribution in [0.5, 0.6) is 0 Å². The minimum absolute atomic E-state index is 0.0963. The molecule has 0 rings (SSSR count). The smallest absolute Gasteiger partial charge is 0.237 e. The Bertz CT molecular complexity index is 205. The number of carbonyl (C=O) groups excluding carboxylic acids is 1. The van der Waals surface area contributed by atoms with Crippen molar-refractivity contribution in [3.05, 3.63) is 12.7 Å². The van der Waals surface area contributed by atoms with Crippen molar-refractivity contribution < 1.29 is 9.53 Å². The molecule has 0 aliphatic carbocycles. The van der Waals surface area contributed by atoms with E-state index in [4.69, 9.17) is 10.5 Å². The largest absolute Gasteiger partial charge is 0.379 e. The third-order valence-electron chi connectivity index (χ3n) is 2.07. The van der Waals surface area contributed by atoms with Gasteiger partial charge in [0.15, 0.2) is 0 Å². The molecule has 0 heterocycles. The van der Waals surface area contributed by atoms with Gasteiger partial charge in [0.2, 0.25) is 5.91 Å². The summed E-state index contributed by atoms with van der Waals surface area (Å²) in [5.74, 6) is 0.339. The molecular formula is C12H24N2O2. The van der Waals surface area contributed by atoms with Crippen LogP contribution < -0.4 is 11.1 Å². The average molecular weight is 228 g/mol. The summed E-state index contributed by atoms with van der Waals surface area (Å²) in [5, 5.41) is 2.75. The molecule has 0 bridgehead atoms. The minimum Gasteiger partial charge on any atom is -0.379 e. The van der Waals surface area contributed by atoms with E-state index in [1.807, 2.05) is 13.8 Å². The van der Waals surface area contributed by atoms with Crippen LogP contribution in [0.1, 0.15) is 26.7 Å². The molecule has 0 saturated carbocycles. The maximum absolute atomic E-state index is 11.5. The van der Waals surface area contributed by atoms with Gasteiger partial charge in [0.05, 0.1) is 19.3 Å². The van der Waals surface area contributed by atoms with Crippen LogP contribution in [0.3, 0.4) is 0 Å². The topological polar surface area (TPSA) is 64.3 Å². The number of nitrogens with one attached hydrogen (secondary N) is 1. The summed E-state index contributed by atoms with van der Waals surface area (Å²) in [6, 6.07) is -0.409. The first-order valence-corrected chi connectivity index (χ1v) is 5.79. The zero-order valence-electron chi connectivity index (χ0n) is 10.4. The Morgan fingerprint density at radius 2 is 2.19 bits per heavy atom. The molecule has 1 atom stereocenters. The van der Waals surface area contributed by atoms with E-state index in [0.29, 0.717) is 32.1 Å². The average Bonchev–Trinajstić information content (AvgIpc) is 2.21. The Labute approximate surface area is 98.2 Å². The fourth-order valence-electron chi connectivity index (χ4n) is 1.26. The van der Waals surface area contributed by atoms with Crippen LogP contribution in [0.2, 0.25) is 0 Å². The van der Waals surface area contributed by atoms with Gasteiger partial charge in [-0.3, -0.25) is 4.79 Å². The highest BCUT2D eigenvalue weighted by Gasteiger charge is 2.13. The second kappa shape index (κ2) is 9.36. The van der Waals surface area contributed by atoms with Gasteiger partial charge >= 0.3 is 0 Å². The van der Waals surface area contributed by atoms with E-state index in [9.17, 15) is 4.79 Å². The third-order valence-corrected chi connectivity index (χ3v) is 2.07. The molecule has 4 nitrogen and oxygen atoms in total. The lowest BCUT2D eigenvalue weighted by Gasteiger charge is -2.14. The Morgan fingerprint density at radius 3 is 2.75 bits per heavy atom. The van der Waals surface area contributed by atoms with Gasteiger partial charge in [-0.05, 0) is 18.8 Å². The quantitative estimate of drug-likeness (QED) is 0.458. The zero-order valence-corrected chi connectivity index (χ0v) is 10.4. The van der Waals surface area contributed by atoms with Crippen molar-refractivity contribution in [3.8, 4) is 0 Å². The van der Waals surface area contributed by atoms with Crippen molar-refractivity contribution in [2.75, 3.05) is 19.8 Å². The number of ether oxygens (including phenoxy) is 1. The van der Waals surface area contributed by atoms with Crippen LogP contribution in [-0.2, 0) is 9.53 Å². The standard InChI is InChI=1S/C12H24N2O2/c1-4-5-7-16-8-6-14-12(15)11(13)9-10(2)3/h4,10-11H,1,5-9,13H2,2-3H3,(H,14,15)/t11-/m0/s1. The summed E-state index contributed by atoms with van der Waals surface area (Å²) in [6.07, 6.45) is 3.35. The summed E-state index contributed by atoms with van der Waals surface area (Å²) in [4.78, 5) is 11.5. The number of hydrogen-bond acceptors (Lipinski definition) is 3. The number of rotatable bonds is 9. The predicted octanol–water partition coefficient (Wildman–Crippen LogP) is 1.07. The lowest BCUT2D eigenvalue weighted by molar-refractivity contribution is -0.122. The molecule has 0 spiro atoms. The van der Waals surface area contributed by atoms with Crippen LogP contribution in [0.4, 0.5) is 0 Å². The second-order valence-corrected chi connectivity index (χ2v) is 4.22. The highest BCUT2D eigenvalue weighted by atomic mass is 16.5. The lowest BCUT2D eigenvalue weighted by atomic mass is 10.0. The van der Waals surface area contributed by atoms with Gasteiger partial charge in [0.1, 0.15) is 0 Å². The van der Waals surface area contributed by atoms with Crippen LogP contribution in [0.15, 0.2) is 12.7 Å². The first-order valence-electron chi connectivity index (χ1n) is 5.79. The molecule has 0 saturated heterocycles. The normalized spacial score (nSPS) is 12.5. The fourth-order valence-corrected chi connectivity index (χ4v) is 1.26. The Hall–Kier alpha value is -0.870. The van der Waals surface area contributed by atoms with E-state index in [1.165, 1.54) is 0 Å². The van der Waals surface area contributed by atoms with Gasteiger partial charge in [-0.15, -0.1) is 6.58 Å². The van der Waals surface area contributed by atoms with E-state index < -0.39 is 6.04 Å². The van der Waals surface area contributed by atoms with Gasteiger partial charge in [0, 0.05) is 6.54 Å². The number of hydrogen-bond donors (Lipinski definition) is 2.